The molecule has 0 aliphatic heterocycles. The highest BCUT2D eigenvalue weighted by atomic mass is 16.3. The van der Waals surface area contributed by atoms with Crippen LogP contribution in [-0.2, 0) is 4.79 Å². The minimum atomic E-state index is -0.267. The van der Waals surface area contributed by atoms with Gasteiger partial charge in [0.05, 0.1) is 0 Å². The lowest BCUT2D eigenvalue weighted by Crippen LogP contribution is -2.42. The largest absolute Gasteiger partial charge is 0.389 e. The SMILES string of the molecule is CC1CCC2(C)C(C(=O)CO)CCC2C1C. The highest BCUT2D eigenvalue weighted by Crippen LogP contribution is 2.58. The summed E-state index contributed by atoms with van der Waals surface area (Å²) in [6, 6.07) is 0. The molecule has 16 heavy (non-hydrogen) atoms. The number of aliphatic hydroxyl groups excluding tert-OH is 1. The Bertz CT molecular complexity index is 286. The van der Waals surface area contributed by atoms with Gasteiger partial charge in [-0.05, 0) is 48.9 Å². The zero-order valence-electron chi connectivity index (χ0n) is 10.7. The number of aliphatic hydroxyl groups is 1. The molecule has 0 bridgehead atoms. The molecule has 0 amide bonds. The van der Waals surface area contributed by atoms with Gasteiger partial charge in [-0.15, -0.1) is 0 Å². The molecule has 5 unspecified atom stereocenters. The van der Waals surface area contributed by atoms with Crippen molar-refractivity contribution in [1.29, 1.82) is 0 Å². The molecule has 0 saturated heterocycles. The topological polar surface area (TPSA) is 37.3 Å². The monoisotopic (exact) mass is 224 g/mol. The van der Waals surface area contributed by atoms with Crippen molar-refractivity contribution in [1.82, 2.24) is 0 Å². The van der Waals surface area contributed by atoms with Crippen LogP contribution >= 0.6 is 0 Å². The van der Waals surface area contributed by atoms with Crippen LogP contribution in [0.1, 0.15) is 46.5 Å². The van der Waals surface area contributed by atoms with E-state index in [1.54, 1.807) is 0 Å². The van der Waals surface area contributed by atoms with E-state index in [0.717, 1.165) is 18.3 Å². The number of carbonyl (C=O) groups excluding carboxylic acids is 1. The summed E-state index contributed by atoms with van der Waals surface area (Å²) in [5, 5.41) is 9.07. The second-order valence-corrected chi connectivity index (χ2v) is 6.24. The lowest BCUT2D eigenvalue weighted by Gasteiger charge is -2.46. The van der Waals surface area contributed by atoms with E-state index < -0.39 is 0 Å². The predicted octanol–water partition coefficient (Wildman–Crippen LogP) is 2.65. The lowest BCUT2D eigenvalue weighted by molar-refractivity contribution is -0.130. The molecule has 0 heterocycles. The van der Waals surface area contributed by atoms with E-state index in [0.29, 0.717) is 5.92 Å². The fraction of sp³-hybridized carbons (Fsp3) is 0.929. The smallest absolute Gasteiger partial charge is 0.161 e. The molecule has 5 atom stereocenters. The Labute approximate surface area is 98.4 Å². The first-order chi connectivity index (χ1) is 7.50. The highest BCUT2D eigenvalue weighted by molar-refractivity contribution is 5.83. The van der Waals surface area contributed by atoms with Gasteiger partial charge in [0.25, 0.3) is 0 Å². The second-order valence-electron chi connectivity index (χ2n) is 6.24. The van der Waals surface area contributed by atoms with Crippen LogP contribution in [-0.4, -0.2) is 17.5 Å². The highest BCUT2D eigenvalue weighted by Gasteiger charge is 2.53. The quantitative estimate of drug-likeness (QED) is 0.783. The summed E-state index contributed by atoms with van der Waals surface area (Å²) in [6.07, 6.45) is 4.58. The van der Waals surface area contributed by atoms with E-state index in [1.165, 1.54) is 19.3 Å². The number of ketones is 1. The molecule has 0 radical (unpaired) electrons. The molecular formula is C14H24O2. The predicted molar refractivity (Wildman–Crippen MR) is 64.0 cm³/mol. The molecule has 2 nitrogen and oxygen atoms in total. The van der Waals surface area contributed by atoms with E-state index in [2.05, 4.69) is 20.8 Å². The summed E-state index contributed by atoms with van der Waals surface area (Å²) in [5.41, 5.74) is 0.172. The zero-order valence-corrected chi connectivity index (χ0v) is 10.7. The molecule has 0 aromatic carbocycles. The van der Waals surface area contributed by atoms with Crippen LogP contribution < -0.4 is 0 Å². The van der Waals surface area contributed by atoms with Gasteiger partial charge in [0.1, 0.15) is 6.61 Å². The van der Waals surface area contributed by atoms with Gasteiger partial charge in [0.2, 0.25) is 0 Å². The number of Topliss-reactive ketones (excluding diaryl/α,β-unsaturated/α-hetero) is 1. The summed E-state index contributed by atoms with van der Waals surface area (Å²) >= 11 is 0. The minimum Gasteiger partial charge on any atom is -0.389 e. The van der Waals surface area contributed by atoms with Crippen LogP contribution in [0.2, 0.25) is 0 Å². The first-order valence-corrected chi connectivity index (χ1v) is 6.64. The first-order valence-electron chi connectivity index (χ1n) is 6.64. The molecule has 0 aromatic rings. The maximum absolute atomic E-state index is 11.8. The third-order valence-electron chi connectivity index (χ3n) is 5.62. The molecule has 0 spiro atoms. The lowest BCUT2D eigenvalue weighted by atomic mass is 9.58. The summed E-state index contributed by atoms with van der Waals surface area (Å²) in [7, 11) is 0. The molecule has 2 rings (SSSR count). The standard InChI is InChI=1S/C14H24O2/c1-9-6-7-14(3)11(10(9)2)4-5-12(14)13(16)8-15/h9-12,15H,4-8H2,1-3H3. The normalized spacial score (nSPS) is 47.8. The fourth-order valence-corrected chi connectivity index (χ4v) is 4.32. The molecule has 2 fully saturated rings. The third-order valence-corrected chi connectivity index (χ3v) is 5.62. The summed E-state index contributed by atoms with van der Waals surface area (Å²) in [4.78, 5) is 11.8. The Morgan fingerprint density at radius 1 is 1.31 bits per heavy atom. The number of hydrogen-bond acceptors (Lipinski definition) is 2. The molecule has 2 heteroatoms. The van der Waals surface area contributed by atoms with Crippen molar-refractivity contribution in [2.24, 2.45) is 29.1 Å². The average molecular weight is 224 g/mol. The van der Waals surface area contributed by atoms with Crippen LogP contribution in [0.15, 0.2) is 0 Å². The van der Waals surface area contributed by atoms with Gasteiger partial charge >= 0.3 is 0 Å². The molecule has 92 valence electrons. The van der Waals surface area contributed by atoms with Crippen molar-refractivity contribution < 1.29 is 9.90 Å². The van der Waals surface area contributed by atoms with Crippen LogP contribution in [0.5, 0.6) is 0 Å². The van der Waals surface area contributed by atoms with Gasteiger partial charge in [-0.3, -0.25) is 4.79 Å². The summed E-state index contributed by atoms with van der Waals surface area (Å²) < 4.78 is 0. The maximum atomic E-state index is 11.8. The minimum absolute atomic E-state index is 0.0757. The summed E-state index contributed by atoms with van der Waals surface area (Å²) in [5.74, 6) is 2.41. The van der Waals surface area contributed by atoms with Gasteiger partial charge < -0.3 is 5.11 Å². The molecule has 2 aliphatic rings. The van der Waals surface area contributed by atoms with Crippen LogP contribution in [0.3, 0.4) is 0 Å². The van der Waals surface area contributed by atoms with Crippen molar-refractivity contribution in [2.75, 3.05) is 6.61 Å². The van der Waals surface area contributed by atoms with Gasteiger partial charge in [0.15, 0.2) is 5.78 Å². The molecular weight excluding hydrogens is 200 g/mol. The number of carbonyl (C=O) groups is 1. The average Bonchev–Trinajstić information content (AvgIpc) is 2.62. The van der Waals surface area contributed by atoms with E-state index in [9.17, 15) is 4.79 Å². The van der Waals surface area contributed by atoms with Gasteiger partial charge in [-0.1, -0.05) is 20.8 Å². The van der Waals surface area contributed by atoms with Gasteiger partial charge in [0, 0.05) is 5.92 Å². The third kappa shape index (κ3) is 1.62. The Kier molecular flexibility index (Phi) is 3.13. The van der Waals surface area contributed by atoms with E-state index >= 15 is 0 Å². The number of fused-ring (bicyclic) bond motifs is 1. The van der Waals surface area contributed by atoms with Crippen LogP contribution in [0, 0.1) is 29.1 Å². The zero-order chi connectivity index (χ0) is 11.9. The Hall–Kier alpha value is -0.370. The van der Waals surface area contributed by atoms with E-state index in [-0.39, 0.29) is 23.7 Å². The van der Waals surface area contributed by atoms with Crippen molar-refractivity contribution in [3.05, 3.63) is 0 Å². The molecule has 2 saturated carbocycles. The molecule has 1 N–H and O–H groups in total. The Morgan fingerprint density at radius 2 is 2.00 bits per heavy atom. The maximum Gasteiger partial charge on any atom is 0.161 e. The number of rotatable bonds is 2. The van der Waals surface area contributed by atoms with E-state index in [1.807, 2.05) is 0 Å². The Balaban J connectivity index is 2.22. The molecule has 2 aliphatic carbocycles. The second kappa shape index (κ2) is 4.14. The fourth-order valence-electron chi connectivity index (χ4n) is 4.32. The van der Waals surface area contributed by atoms with Gasteiger partial charge in [-0.2, -0.15) is 0 Å². The molecule has 0 aromatic heterocycles. The van der Waals surface area contributed by atoms with Gasteiger partial charge in [-0.25, -0.2) is 0 Å². The number of hydrogen-bond donors (Lipinski definition) is 1. The van der Waals surface area contributed by atoms with E-state index in [4.69, 9.17) is 5.11 Å². The van der Waals surface area contributed by atoms with Crippen molar-refractivity contribution in [3.63, 3.8) is 0 Å². The van der Waals surface area contributed by atoms with Crippen molar-refractivity contribution in [3.8, 4) is 0 Å². The van der Waals surface area contributed by atoms with Crippen molar-refractivity contribution in [2.45, 2.75) is 46.5 Å². The van der Waals surface area contributed by atoms with Crippen LogP contribution in [0.4, 0.5) is 0 Å². The Morgan fingerprint density at radius 3 is 2.62 bits per heavy atom. The van der Waals surface area contributed by atoms with Crippen LogP contribution in [0.25, 0.3) is 0 Å². The summed E-state index contributed by atoms with van der Waals surface area (Å²) in [6.45, 7) is 6.70. The van der Waals surface area contributed by atoms with Crippen molar-refractivity contribution >= 4 is 5.78 Å². The first kappa shape index (κ1) is 12.1.